The van der Waals surface area contributed by atoms with E-state index < -0.39 is 5.54 Å². The number of benzene rings is 1. The Morgan fingerprint density at radius 1 is 1.26 bits per heavy atom. The van der Waals surface area contributed by atoms with Crippen molar-refractivity contribution in [3.8, 4) is 0 Å². The van der Waals surface area contributed by atoms with E-state index in [9.17, 15) is 14.0 Å². The molecule has 1 aromatic rings. The Morgan fingerprint density at radius 3 is 2.35 bits per heavy atom. The van der Waals surface area contributed by atoms with E-state index in [2.05, 4.69) is 5.32 Å². The lowest BCUT2D eigenvalue weighted by atomic mass is 9.94. The first-order valence-corrected chi connectivity index (χ1v) is 7.88. The number of carbonyl (C=O) groups is 2. The number of halogens is 1. The number of nitrogens with one attached hydrogen (secondary N) is 1. The molecule has 1 aliphatic heterocycles. The van der Waals surface area contributed by atoms with Crippen LogP contribution in [0.3, 0.4) is 0 Å². The average molecular weight is 321 g/mol. The molecule has 0 saturated carbocycles. The van der Waals surface area contributed by atoms with Gasteiger partial charge in [0.25, 0.3) is 0 Å². The number of piperidine rings is 1. The maximum atomic E-state index is 12.8. The fourth-order valence-corrected chi connectivity index (χ4v) is 2.69. The van der Waals surface area contributed by atoms with Crippen LogP contribution >= 0.6 is 0 Å². The SMILES string of the molecule is CC(C)(N)C(=O)N1CCC(C(=O)NCc2ccc(F)cc2)CC1. The van der Waals surface area contributed by atoms with Crippen molar-refractivity contribution < 1.29 is 14.0 Å². The second-order valence-corrected chi connectivity index (χ2v) is 6.63. The molecule has 23 heavy (non-hydrogen) atoms. The quantitative estimate of drug-likeness (QED) is 0.880. The Bertz CT molecular complexity index is 558. The molecule has 0 radical (unpaired) electrons. The van der Waals surface area contributed by atoms with Crippen LogP contribution in [0.2, 0.25) is 0 Å². The standard InChI is InChI=1S/C17H24FN3O2/c1-17(2,19)16(23)21-9-7-13(8-10-21)15(22)20-11-12-3-5-14(18)6-4-12/h3-6,13H,7-11,19H2,1-2H3,(H,20,22). The summed E-state index contributed by atoms with van der Waals surface area (Å²) in [4.78, 5) is 26.0. The lowest BCUT2D eigenvalue weighted by molar-refractivity contribution is -0.139. The van der Waals surface area contributed by atoms with Gasteiger partial charge in [-0.2, -0.15) is 0 Å². The van der Waals surface area contributed by atoms with Gasteiger partial charge in [-0.15, -0.1) is 0 Å². The Balaban J connectivity index is 1.79. The number of nitrogens with two attached hydrogens (primary N) is 1. The third-order valence-corrected chi connectivity index (χ3v) is 4.08. The van der Waals surface area contributed by atoms with Crippen molar-refractivity contribution in [2.45, 2.75) is 38.8 Å². The second-order valence-electron chi connectivity index (χ2n) is 6.63. The first-order chi connectivity index (χ1) is 10.8. The van der Waals surface area contributed by atoms with Crippen LogP contribution in [0.4, 0.5) is 4.39 Å². The zero-order valence-corrected chi connectivity index (χ0v) is 13.6. The van der Waals surface area contributed by atoms with Crippen molar-refractivity contribution in [2.75, 3.05) is 13.1 Å². The molecular weight excluding hydrogens is 297 g/mol. The highest BCUT2D eigenvalue weighted by molar-refractivity contribution is 5.85. The predicted molar refractivity (Wildman–Crippen MR) is 85.8 cm³/mol. The summed E-state index contributed by atoms with van der Waals surface area (Å²) < 4.78 is 12.8. The lowest BCUT2D eigenvalue weighted by Crippen LogP contribution is -2.54. The molecule has 1 heterocycles. The van der Waals surface area contributed by atoms with Crippen molar-refractivity contribution in [1.82, 2.24) is 10.2 Å². The van der Waals surface area contributed by atoms with Crippen LogP contribution in [-0.2, 0) is 16.1 Å². The molecular formula is C17H24FN3O2. The summed E-state index contributed by atoms with van der Waals surface area (Å²) in [7, 11) is 0. The summed E-state index contributed by atoms with van der Waals surface area (Å²) in [6, 6.07) is 6.06. The van der Waals surface area contributed by atoms with Crippen LogP contribution in [0.25, 0.3) is 0 Å². The summed E-state index contributed by atoms with van der Waals surface area (Å²) in [5.41, 5.74) is 5.81. The highest BCUT2D eigenvalue weighted by Crippen LogP contribution is 2.19. The molecule has 6 heteroatoms. The van der Waals surface area contributed by atoms with Gasteiger partial charge >= 0.3 is 0 Å². The highest BCUT2D eigenvalue weighted by Gasteiger charge is 2.32. The second kappa shape index (κ2) is 7.08. The molecule has 0 spiro atoms. The van der Waals surface area contributed by atoms with Gasteiger partial charge in [0.2, 0.25) is 11.8 Å². The largest absolute Gasteiger partial charge is 0.352 e. The lowest BCUT2D eigenvalue weighted by Gasteiger charge is -2.35. The summed E-state index contributed by atoms with van der Waals surface area (Å²) in [5, 5.41) is 2.87. The highest BCUT2D eigenvalue weighted by atomic mass is 19.1. The molecule has 1 aromatic carbocycles. The molecule has 0 aromatic heterocycles. The summed E-state index contributed by atoms with van der Waals surface area (Å²) in [5.74, 6) is -0.489. The topological polar surface area (TPSA) is 75.4 Å². The van der Waals surface area contributed by atoms with Gasteiger partial charge < -0.3 is 16.0 Å². The zero-order valence-electron chi connectivity index (χ0n) is 13.6. The molecule has 0 aliphatic carbocycles. The van der Waals surface area contributed by atoms with E-state index in [0.29, 0.717) is 32.5 Å². The molecule has 3 N–H and O–H groups in total. The minimum Gasteiger partial charge on any atom is -0.352 e. The van der Waals surface area contributed by atoms with Gasteiger partial charge in [-0.05, 0) is 44.4 Å². The molecule has 5 nitrogen and oxygen atoms in total. The molecule has 2 rings (SSSR count). The van der Waals surface area contributed by atoms with E-state index in [0.717, 1.165) is 5.56 Å². The van der Waals surface area contributed by atoms with E-state index in [4.69, 9.17) is 5.73 Å². The molecule has 2 amide bonds. The van der Waals surface area contributed by atoms with E-state index in [1.54, 1.807) is 30.9 Å². The normalized spacial score (nSPS) is 16.3. The molecule has 126 valence electrons. The van der Waals surface area contributed by atoms with Crippen molar-refractivity contribution in [2.24, 2.45) is 11.7 Å². The van der Waals surface area contributed by atoms with Gasteiger partial charge in [-0.25, -0.2) is 4.39 Å². The summed E-state index contributed by atoms with van der Waals surface area (Å²) in [6.07, 6.45) is 1.27. The molecule has 0 bridgehead atoms. The molecule has 0 atom stereocenters. The molecule has 1 aliphatic rings. The number of amides is 2. The maximum absolute atomic E-state index is 12.8. The number of likely N-dealkylation sites (tertiary alicyclic amines) is 1. The van der Waals surface area contributed by atoms with Crippen molar-refractivity contribution in [1.29, 1.82) is 0 Å². The minimum atomic E-state index is -0.877. The van der Waals surface area contributed by atoms with E-state index in [-0.39, 0.29) is 23.5 Å². The third-order valence-electron chi connectivity index (χ3n) is 4.08. The van der Waals surface area contributed by atoms with Gasteiger partial charge in [-0.1, -0.05) is 12.1 Å². The van der Waals surface area contributed by atoms with Gasteiger partial charge in [0.15, 0.2) is 0 Å². The number of rotatable bonds is 4. The smallest absolute Gasteiger partial charge is 0.242 e. The Hall–Kier alpha value is -1.95. The first kappa shape index (κ1) is 17.4. The van der Waals surface area contributed by atoms with Crippen LogP contribution in [0.5, 0.6) is 0 Å². The van der Waals surface area contributed by atoms with Crippen molar-refractivity contribution in [3.05, 3.63) is 35.6 Å². The van der Waals surface area contributed by atoms with E-state index in [1.165, 1.54) is 12.1 Å². The Morgan fingerprint density at radius 2 is 1.83 bits per heavy atom. The summed E-state index contributed by atoms with van der Waals surface area (Å²) in [6.45, 7) is 4.87. The van der Waals surface area contributed by atoms with Crippen LogP contribution in [-0.4, -0.2) is 35.3 Å². The molecule has 0 unspecified atom stereocenters. The van der Waals surface area contributed by atoms with Crippen LogP contribution in [0.15, 0.2) is 24.3 Å². The number of hydrogen-bond acceptors (Lipinski definition) is 3. The van der Waals surface area contributed by atoms with Gasteiger partial charge in [0.1, 0.15) is 5.82 Å². The van der Waals surface area contributed by atoms with Crippen molar-refractivity contribution >= 4 is 11.8 Å². The molecule has 1 saturated heterocycles. The third kappa shape index (κ3) is 4.76. The van der Waals surface area contributed by atoms with E-state index in [1.807, 2.05) is 0 Å². The maximum Gasteiger partial charge on any atom is 0.242 e. The van der Waals surface area contributed by atoms with Gasteiger partial charge in [0, 0.05) is 25.6 Å². The van der Waals surface area contributed by atoms with Crippen LogP contribution < -0.4 is 11.1 Å². The van der Waals surface area contributed by atoms with Gasteiger partial charge in [0.05, 0.1) is 5.54 Å². The van der Waals surface area contributed by atoms with E-state index >= 15 is 0 Å². The van der Waals surface area contributed by atoms with Crippen molar-refractivity contribution in [3.63, 3.8) is 0 Å². The monoisotopic (exact) mass is 321 g/mol. The number of hydrogen-bond donors (Lipinski definition) is 2. The minimum absolute atomic E-state index is 0.0200. The van der Waals surface area contributed by atoms with Crippen LogP contribution in [0.1, 0.15) is 32.3 Å². The fraction of sp³-hybridized carbons (Fsp3) is 0.529. The fourth-order valence-electron chi connectivity index (χ4n) is 2.69. The number of nitrogens with zero attached hydrogens (tertiary/aromatic N) is 1. The van der Waals surface area contributed by atoms with Gasteiger partial charge in [-0.3, -0.25) is 9.59 Å². The van der Waals surface area contributed by atoms with Crippen LogP contribution in [0, 0.1) is 11.7 Å². The summed E-state index contributed by atoms with van der Waals surface area (Å²) >= 11 is 0. The number of carbonyl (C=O) groups excluding carboxylic acids is 2. The Kier molecular flexibility index (Phi) is 5.36. The Labute approximate surface area is 136 Å². The molecule has 1 fully saturated rings. The predicted octanol–water partition coefficient (Wildman–Crippen LogP) is 1.42. The zero-order chi connectivity index (χ0) is 17.0. The average Bonchev–Trinajstić information content (AvgIpc) is 2.52. The first-order valence-electron chi connectivity index (χ1n) is 7.88.